The highest BCUT2D eigenvalue weighted by atomic mass is 32.2. The van der Waals surface area contributed by atoms with Crippen LogP contribution in [0.5, 0.6) is 0 Å². The summed E-state index contributed by atoms with van der Waals surface area (Å²) in [5.41, 5.74) is 3.51. The zero-order valence-corrected chi connectivity index (χ0v) is 18.5. The summed E-state index contributed by atoms with van der Waals surface area (Å²) in [6.45, 7) is 4.81. The molecule has 4 rings (SSSR count). The first kappa shape index (κ1) is 21.3. The number of anilines is 1. The predicted molar refractivity (Wildman–Crippen MR) is 117 cm³/mol. The Morgan fingerprint density at radius 3 is 2.71 bits per heavy atom. The number of carbonyl (C=O) groups excluding carboxylic acids is 1. The molecule has 0 saturated carbocycles. The Hall–Kier alpha value is -2.91. The van der Waals surface area contributed by atoms with E-state index in [9.17, 15) is 18.0 Å². The van der Waals surface area contributed by atoms with Gasteiger partial charge in [-0.3, -0.25) is 9.36 Å². The van der Waals surface area contributed by atoms with E-state index in [-0.39, 0.29) is 22.9 Å². The number of aryl methyl sites for hydroxylation is 1. The third-order valence-electron chi connectivity index (χ3n) is 5.46. The molecule has 0 radical (unpaired) electrons. The zero-order chi connectivity index (χ0) is 22.3. The number of oxazole rings is 1. The molecule has 0 aliphatic carbocycles. The number of rotatable bonds is 6. The molecular formula is C22H25N3O5S. The number of nitrogens with one attached hydrogen (secondary N) is 1. The number of nitrogens with zero attached hydrogens (tertiary/aromatic N) is 2. The van der Waals surface area contributed by atoms with Crippen LogP contribution >= 0.6 is 0 Å². The fraction of sp³-hybridized carbons (Fsp3) is 0.364. The van der Waals surface area contributed by atoms with Crippen molar-refractivity contribution in [3.8, 4) is 0 Å². The lowest BCUT2D eigenvalue weighted by atomic mass is 10.1. The van der Waals surface area contributed by atoms with Crippen LogP contribution in [0.1, 0.15) is 31.4 Å². The monoisotopic (exact) mass is 443 g/mol. The van der Waals surface area contributed by atoms with Gasteiger partial charge in [-0.2, -0.15) is 0 Å². The van der Waals surface area contributed by atoms with Gasteiger partial charge in [0.1, 0.15) is 0 Å². The van der Waals surface area contributed by atoms with Gasteiger partial charge >= 0.3 is 5.76 Å². The lowest BCUT2D eigenvalue weighted by Crippen LogP contribution is -2.29. The standard InChI is InChI=1S/C22H25N3O5S/c1-14(2)10-21(26)25-9-8-16-11-15(4-6-18(16)25)13-23-31(28,29)17-5-7-19-20(12-17)30-22(27)24(19)3/h4-7,11-12,14,23H,8-10,13H2,1-3H3. The summed E-state index contributed by atoms with van der Waals surface area (Å²) < 4.78 is 34.5. The van der Waals surface area contributed by atoms with E-state index >= 15 is 0 Å². The van der Waals surface area contributed by atoms with Crippen molar-refractivity contribution in [1.29, 1.82) is 0 Å². The first-order chi connectivity index (χ1) is 14.7. The Morgan fingerprint density at radius 1 is 1.19 bits per heavy atom. The van der Waals surface area contributed by atoms with Crippen LogP contribution in [-0.2, 0) is 34.8 Å². The van der Waals surface area contributed by atoms with E-state index in [4.69, 9.17) is 4.42 Å². The summed E-state index contributed by atoms with van der Waals surface area (Å²) >= 11 is 0. The van der Waals surface area contributed by atoms with Gasteiger partial charge in [0, 0.05) is 38.3 Å². The molecule has 1 aliphatic heterocycles. The molecule has 0 saturated heterocycles. The van der Waals surface area contributed by atoms with Gasteiger partial charge in [0.2, 0.25) is 15.9 Å². The second-order valence-corrected chi connectivity index (χ2v) is 10.0. The SMILES string of the molecule is CC(C)CC(=O)N1CCc2cc(CNS(=O)(=O)c3ccc4c(c3)oc(=O)n4C)ccc21. The smallest absolute Gasteiger partial charge is 0.408 e. The first-order valence-electron chi connectivity index (χ1n) is 10.2. The van der Waals surface area contributed by atoms with Crippen molar-refractivity contribution in [2.75, 3.05) is 11.4 Å². The molecule has 31 heavy (non-hydrogen) atoms. The van der Waals surface area contributed by atoms with Gasteiger partial charge in [-0.05, 0) is 41.7 Å². The normalized spacial score (nSPS) is 13.9. The van der Waals surface area contributed by atoms with Crippen LogP contribution in [0.4, 0.5) is 5.69 Å². The Kier molecular flexibility index (Phi) is 5.49. The van der Waals surface area contributed by atoms with Crippen LogP contribution < -0.4 is 15.4 Å². The minimum absolute atomic E-state index is 0.0287. The second kappa shape index (κ2) is 7.97. The first-order valence-corrected chi connectivity index (χ1v) is 11.7. The molecule has 1 amide bonds. The summed E-state index contributed by atoms with van der Waals surface area (Å²) in [7, 11) is -2.23. The van der Waals surface area contributed by atoms with Crippen LogP contribution in [-0.4, -0.2) is 25.4 Å². The van der Waals surface area contributed by atoms with Gasteiger partial charge in [-0.1, -0.05) is 26.0 Å². The van der Waals surface area contributed by atoms with Gasteiger partial charge in [0.25, 0.3) is 0 Å². The van der Waals surface area contributed by atoms with Crippen molar-refractivity contribution in [3.05, 3.63) is 58.1 Å². The molecule has 9 heteroatoms. The number of amides is 1. The van der Waals surface area contributed by atoms with Crippen molar-refractivity contribution in [3.63, 3.8) is 0 Å². The number of carbonyl (C=O) groups is 1. The zero-order valence-electron chi connectivity index (χ0n) is 17.7. The van der Waals surface area contributed by atoms with Gasteiger partial charge in [-0.25, -0.2) is 17.9 Å². The van der Waals surface area contributed by atoms with Gasteiger partial charge in [0.05, 0.1) is 10.4 Å². The molecule has 0 atom stereocenters. The van der Waals surface area contributed by atoms with Gasteiger partial charge in [0.15, 0.2) is 5.58 Å². The Morgan fingerprint density at radius 2 is 1.97 bits per heavy atom. The number of benzene rings is 2. The Bertz CT molecular complexity index is 1320. The highest BCUT2D eigenvalue weighted by Gasteiger charge is 2.25. The third-order valence-corrected chi connectivity index (χ3v) is 6.86. The van der Waals surface area contributed by atoms with Crippen molar-refractivity contribution >= 4 is 32.7 Å². The summed E-state index contributed by atoms with van der Waals surface area (Å²) in [5, 5.41) is 0. The number of aromatic nitrogens is 1. The maximum atomic E-state index is 12.7. The minimum atomic E-state index is -3.79. The number of hydrogen-bond acceptors (Lipinski definition) is 5. The van der Waals surface area contributed by atoms with Crippen molar-refractivity contribution in [1.82, 2.24) is 9.29 Å². The Balaban J connectivity index is 1.49. The summed E-state index contributed by atoms with van der Waals surface area (Å²) in [5.74, 6) is -0.130. The largest absolute Gasteiger partial charge is 0.419 e. The summed E-state index contributed by atoms with van der Waals surface area (Å²) in [4.78, 5) is 25.9. The number of fused-ring (bicyclic) bond motifs is 2. The highest BCUT2D eigenvalue weighted by Crippen LogP contribution is 2.30. The molecule has 164 valence electrons. The summed E-state index contributed by atoms with van der Waals surface area (Å²) in [6, 6.07) is 10.0. The molecule has 0 spiro atoms. The average molecular weight is 444 g/mol. The second-order valence-electron chi connectivity index (χ2n) is 8.24. The molecule has 0 bridgehead atoms. The average Bonchev–Trinajstić information content (AvgIpc) is 3.26. The predicted octanol–water partition coefficient (Wildman–Crippen LogP) is 2.55. The molecular weight excluding hydrogens is 418 g/mol. The van der Waals surface area contributed by atoms with E-state index in [0.29, 0.717) is 24.4 Å². The van der Waals surface area contributed by atoms with Crippen LogP contribution in [0, 0.1) is 5.92 Å². The van der Waals surface area contributed by atoms with E-state index in [1.54, 1.807) is 13.1 Å². The third kappa shape index (κ3) is 4.15. The lowest BCUT2D eigenvalue weighted by Gasteiger charge is -2.18. The van der Waals surface area contributed by atoms with E-state index in [1.807, 2.05) is 36.9 Å². The lowest BCUT2D eigenvalue weighted by molar-refractivity contribution is -0.119. The van der Waals surface area contributed by atoms with E-state index in [0.717, 1.165) is 23.2 Å². The molecule has 3 aromatic rings. The van der Waals surface area contributed by atoms with Crippen molar-refractivity contribution in [2.45, 2.75) is 38.1 Å². The number of sulfonamides is 1. The van der Waals surface area contributed by atoms with Crippen LogP contribution in [0.3, 0.4) is 0 Å². The molecule has 2 aromatic carbocycles. The van der Waals surface area contributed by atoms with E-state index < -0.39 is 15.8 Å². The topological polar surface area (TPSA) is 102 Å². The van der Waals surface area contributed by atoms with Crippen molar-refractivity contribution < 1.29 is 17.6 Å². The van der Waals surface area contributed by atoms with Gasteiger partial charge < -0.3 is 9.32 Å². The molecule has 0 fully saturated rings. The molecule has 1 aromatic heterocycles. The highest BCUT2D eigenvalue weighted by molar-refractivity contribution is 7.89. The van der Waals surface area contributed by atoms with Crippen LogP contribution in [0.2, 0.25) is 0 Å². The van der Waals surface area contributed by atoms with E-state index in [2.05, 4.69) is 4.72 Å². The fourth-order valence-corrected chi connectivity index (χ4v) is 4.86. The number of hydrogen-bond donors (Lipinski definition) is 1. The van der Waals surface area contributed by atoms with Gasteiger partial charge in [-0.15, -0.1) is 0 Å². The van der Waals surface area contributed by atoms with Crippen molar-refractivity contribution in [2.24, 2.45) is 13.0 Å². The molecule has 1 aliphatic rings. The quantitative estimate of drug-likeness (QED) is 0.631. The molecule has 1 N–H and O–H groups in total. The van der Waals surface area contributed by atoms with E-state index in [1.165, 1.54) is 16.7 Å². The molecule has 2 heterocycles. The molecule has 0 unspecified atom stereocenters. The summed E-state index contributed by atoms with van der Waals surface area (Å²) in [6.07, 6.45) is 1.26. The maximum absolute atomic E-state index is 12.7. The Labute approximate surface area is 180 Å². The minimum Gasteiger partial charge on any atom is -0.408 e. The maximum Gasteiger partial charge on any atom is 0.419 e. The van der Waals surface area contributed by atoms with Crippen LogP contribution in [0.25, 0.3) is 11.1 Å². The molecule has 8 nitrogen and oxygen atoms in total. The fourth-order valence-electron chi connectivity index (χ4n) is 3.83. The van der Waals surface area contributed by atoms with Crippen LogP contribution in [0.15, 0.2) is 50.5 Å².